The first-order valence-corrected chi connectivity index (χ1v) is 21.2. The fraction of sp³-hybridized carbons (Fsp3) is 0.784. The van der Waals surface area contributed by atoms with Crippen molar-refractivity contribution in [3.05, 3.63) is 30.3 Å². The highest BCUT2D eigenvalue weighted by Gasteiger charge is 2.36. The van der Waals surface area contributed by atoms with Gasteiger partial charge in [0, 0.05) is 37.7 Å². The number of alkyl halides is 2. The molecule has 0 heterocycles. The van der Waals surface area contributed by atoms with E-state index in [4.69, 9.17) is 41.7 Å². The molecule has 1 aromatic rings. The summed E-state index contributed by atoms with van der Waals surface area (Å²) in [5.41, 5.74) is 0. The molecule has 48 heavy (non-hydrogen) atoms. The Morgan fingerprint density at radius 3 is 1.60 bits per heavy atom. The maximum atomic E-state index is 14.2. The van der Waals surface area contributed by atoms with Gasteiger partial charge in [0.05, 0.1) is 6.61 Å². The molecule has 0 aliphatic carbocycles. The number of carbonyl (C=O) groups is 2. The van der Waals surface area contributed by atoms with Gasteiger partial charge < -0.3 is 14.0 Å². The van der Waals surface area contributed by atoms with E-state index < -0.39 is 19.8 Å². The molecular formula is C37H64Cl2NO7P. The molecule has 0 radical (unpaired) electrons. The maximum absolute atomic E-state index is 14.2. The van der Waals surface area contributed by atoms with E-state index in [2.05, 4.69) is 13.8 Å². The lowest BCUT2D eigenvalue weighted by atomic mass is 10.1. The first kappa shape index (κ1) is 44.7. The number of unbranched alkanes of at least 4 members (excludes halogenated alkanes) is 16. The Hall–Kier alpha value is -1.31. The summed E-state index contributed by atoms with van der Waals surface area (Å²) in [4.78, 5) is 25.4. The van der Waals surface area contributed by atoms with Crippen molar-refractivity contribution in [2.45, 2.75) is 148 Å². The van der Waals surface area contributed by atoms with Gasteiger partial charge in [-0.15, -0.1) is 23.2 Å². The zero-order chi connectivity index (χ0) is 35.1. The van der Waals surface area contributed by atoms with Gasteiger partial charge in [0.25, 0.3) is 0 Å². The van der Waals surface area contributed by atoms with E-state index in [-0.39, 0.29) is 50.5 Å². The molecule has 1 rings (SSSR count). The summed E-state index contributed by atoms with van der Waals surface area (Å²) in [7, 11) is -3.98. The topological polar surface area (TPSA) is 91.4 Å². The van der Waals surface area contributed by atoms with Gasteiger partial charge in [0.2, 0.25) is 0 Å². The minimum absolute atomic E-state index is 0.177. The third-order valence-corrected chi connectivity index (χ3v) is 10.5. The predicted molar refractivity (Wildman–Crippen MR) is 198 cm³/mol. The average molecular weight is 737 g/mol. The lowest BCUT2D eigenvalue weighted by molar-refractivity contribution is -0.161. The number of carbonyl (C=O) groups excluding carboxylic acids is 2. The zero-order valence-electron chi connectivity index (χ0n) is 29.9. The number of hydrogen-bond donors (Lipinski definition) is 0. The normalized spacial score (nSPS) is 13.3. The quantitative estimate of drug-likeness (QED) is 0.0305. The highest BCUT2D eigenvalue weighted by atomic mass is 35.5. The molecule has 0 unspecified atom stereocenters. The van der Waals surface area contributed by atoms with Crippen molar-refractivity contribution in [2.24, 2.45) is 0 Å². The molecule has 0 saturated heterocycles. The van der Waals surface area contributed by atoms with Crippen molar-refractivity contribution in [2.75, 3.05) is 38.1 Å². The van der Waals surface area contributed by atoms with Crippen molar-refractivity contribution in [1.29, 1.82) is 0 Å². The van der Waals surface area contributed by atoms with Gasteiger partial charge in [-0.1, -0.05) is 135 Å². The standard InChI is InChI=1S/C37H64Cl2NO7P/c1-3-5-7-9-11-13-15-17-22-26-36(41)44-32-35(46-37(42)27-23-18-16-14-12-10-8-6-4-2)33-45-48(43,40(30-28-38)31-29-39)47-34-24-20-19-21-25-34/h19-21,24-25,35H,3-18,22-23,26-33H2,1-2H3/t35-,48+/m0/s1. The second-order valence-electron chi connectivity index (χ2n) is 12.5. The smallest absolute Gasteiger partial charge is 0.461 e. The van der Waals surface area contributed by atoms with E-state index in [1.54, 1.807) is 24.3 Å². The van der Waals surface area contributed by atoms with Crippen LogP contribution in [0.4, 0.5) is 0 Å². The van der Waals surface area contributed by atoms with Crippen molar-refractivity contribution in [3.63, 3.8) is 0 Å². The molecule has 0 bridgehead atoms. The lowest BCUT2D eigenvalue weighted by Crippen LogP contribution is -2.33. The number of nitrogens with zero attached hydrogens (tertiary/aromatic N) is 1. The van der Waals surface area contributed by atoms with Crippen molar-refractivity contribution < 1.29 is 32.7 Å². The fourth-order valence-corrected chi connectivity index (χ4v) is 7.70. The largest absolute Gasteiger partial charge is 0.462 e. The van der Waals surface area contributed by atoms with Crippen LogP contribution in [-0.4, -0.2) is 60.8 Å². The summed E-state index contributed by atoms with van der Waals surface area (Å²) in [6.45, 7) is 4.35. The van der Waals surface area contributed by atoms with E-state index in [1.165, 1.54) is 81.7 Å². The molecular weight excluding hydrogens is 672 g/mol. The van der Waals surface area contributed by atoms with Gasteiger partial charge in [-0.05, 0) is 25.0 Å². The fourth-order valence-electron chi connectivity index (χ4n) is 5.29. The van der Waals surface area contributed by atoms with Crippen molar-refractivity contribution >= 4 is 42.9 Å². The van der Waals surface area contributed by atoms with Gasteiger partial charge in [-0.2, -0.15) is 4.67 Å². The minimum Gasteiger partial charge on any atom is -0.462 e. The Morgan fingerprint density at radius 1 is 0.667 bits per heavy atom. The maximum Gasteiger partial charge on any atom is 0.461 e. The third-order valence-electron chi connectivity index (χ3n) is 8.12. The van der Waals surface area contributed by atoms with Crippen LogP contribution in [0.1, 0.15) is 142 Å². The Balaban J connectivity index is 2.74. The molecule has 278 valence electrons. The molecule has 0 spiro atoms. The minimum atomic E-state index is -3.98. The zero-order valence-corrected chi connectivity index (χ0v) is 32.3. The second-order valence-corrected chi connectivity index (χ2v) is 15.2. The van der Waals surface area contributed by atoms with Gasteiger partial charge in [0.15, 0.2) is 6.10 Å². The van der Waals surface area contributed by atoms with Crippen LogP contribution in [0.25, 0.3) is 0 Å². The van der Waals surface area contributed by atoms with Crippen LogP contribution in [0, 0.1) is 0 Å². The molecule has 1 aromatic carbocycles. The molecule has 0 amide bonds. The summed E-state index contributed by atoms with van der Waals surface area (Å²) in [6.07, 6.45) is 20.2. The summed E-state index contributed by atoms with van der Waals surface area (Å²) < 4.78 is 38.7. The Labute approximate surface area is 301 Å². The van der Waals surface area contributed by atoms with E-state index >= 15 is 0 Å². The van der Waals surface area contributed by atoms with E-state index in [1.807, 2.05) is 6.07 Å². The third kappa shape index (κ3) is 23.2. The number of hydrogen-bond acceptors (Lipinski definition) is 7. The molecule has 0 aliphatic rings. The van der Waals surface area contributed by atoms with E-state index in [0.717, 1.165) is 32.1 Å². The van der Waals surface area contributed by atoms with Crippen LogP contribution in [-0.2, 0) is 28.2 Å². The van der Waals surface area contributed by atoms with Crippen LogP contribution in [0.3, 0.4) is 0 Å². The first-order chi connectivity index (χ1) is 23.4. The van der Waals surface area contributed by atoms with Gasteiger partial charge in [0.1, 0.15) is 12.4 Å². The Kier molecular flexibility index (Phi) is 28.4. The number of esters is 2. The van der Waals surface area contributed by atoms with Gasteiger partial charge in [-0.25, -0.2) is 4.57 Å². The molecule has 0 N–H and O–H groups in total. The molecule has 11 heteroatoms. The van der Waals surface area contributed by atoms with Crippen LogP contribution >= 0.6 is 30.9 Å². The summed E-state index contributed by atoms with van der Waals surface area (Å²) >= 11 is 12.0. The van der Waals surface area contributed by atoms with Crippen LogP contribution in [0.2, 0.25) is 0 Å². The van der Waals surface area contributed by atoms with Gasteiger partial charge >= 0.3 is 19.7 Å². The molecule has 0 saturated carbocycles. The lowest BCUT2D eigenvalue weighted by Gasteiger charge is -2.30. The second kappa shape index (κ2) is 30.5. The summed E-state index contributed by atoms with van der Waals surface area (Å²) in [6, 6.07) is 8.69. The van der Waals surface area contributed by atoms with Crippen molar-refractivity contribution in [1.82, 2.24) is 4.67 Å². The average Bonchev–Trinajstić information content (AvgIpc) is 3.08. The highest BCUT2D eigenvalue weighted by Crippen LogP contribution is 2.52. The Bertz CT molecular complexity index is 966. The van der Waals surface area contributed by atoms with Crippen LogP contribution in [0.15, 0.2) is 30.3 Å². The molecule has 2 atom stereocenters. The monoisotopic (exact) mass is 735 g/mol. The number of ether oxygens (including phenoxy) is 2. The van der Waals surface area contributed by atoms with E-state index in [0.29, 0.717) is 18.6 Å². The number of benzene rings is 1. The van der Waals surface area contributed by atoms with Crippen LogP contribution < -0.4 is 4.52 Å². The molecule has 0 fully saturated rings. The number of rotatable bonds is 33. The summed E-state index contributed by atoms with van der Waals surface area (Å²) in [5, 5.41) is 0. The number of halogens is 2. The molecule has 0 aliphatic heterocycles. The Morgan fingerprint density at radius 2 is 1.12 bits per heavy atom. The predicted octanol–water partition coefficient (Wildman–Crippen LogP) is 11.3. The van der Waals surface area contributed by atoms with E-state index in [9.17, 15) is 14.2 Å². The SMILES string of the molecule is CCCCCCCCCCCC(=O)OC[C@@H](CO[P@@](=O)(Oc1ccccc1)N(CCCl)CCCl)OC(=O)CCCCCCCCCCC. The number of para-hydroxylation sites is 1. The molecule has 0 aromatic heterocycles. The highest BCUT2D eigenvalue weighted by molar-refractivity contribution is 7.51. The summed E-state index contributed by atoms with van der Waals surface area (Å²) in [5.74, 6) is -0.0565. The van der Waals surface area contributed by atoms with Crippen LogP contribution in [0.5, 0.6) is 5.75 Å². The van der Waals surface area contributed by atoms with Gasteiger partial charge in [-0.3, -0.25) is 14.1 Å². The van der Waals surface area contributed by atoms with Crippen molar-refractivity contribution in [3.8, 4) is 5.75 Å². The first-order valence-electron chi connectivity index (χ1n) is 18.6. The molecule has 8 nitrogen and oxygen atoms in total.